The number of halogens is 2. The Morgan fingerprint density at radius 2 is 1.95 bits per heavy atom. The Labute approximate surface area is 127 Å². The van der Waals surface area contributed by atoms with Gasteiger partial charge in [0, 0.05) is 18.4 Å². The second-order valence-corrected chi connectivity index (χ2v) is 7.21. The van der Waals surface area contributed by atoms with E-state index in [1.165, 1.54) is 23.9 Å². The van der Waals surface area contributed by atoms with Crippen molar-refractivity contribution in [3.8, 4) is 0 Å². The molecular weight excluding hydrogens is 329 g/mol. The summed E-state index contributed by atoms with van der Waals surface area (Å²) in [5.74, 6) is 0.557. The van der Waals surface area contributed by atoms with Gasteiger partial charge in [-0.2, -0.15) is 11.8 Å². The van der Waals surface area contributed by atoms with Crippen LogP contribution in [0.4, 0.5) is 0 Å². The Morgan fingerprint density at radius 3 is 2.42 bits per heavy atom. The predicted molar refractivity (Wildman–Crippen MR) is 80.7 cm³/mol. The Hall–Kier alpha value is 0.0200. The van der Waals surface area contributed by atoms with Crippen molar-refractivity contribution >= 4 is 45.0 Å². The van der Waals surface area contributed by atoms with Crippen LogP contribution >= 0.6 is 35.0 Å². The highest BCUT2D eigenvalue weighted by molar-refractivity contribution is 7.98. The second kappa shape index (κ2) is 7.71. The predicted octanol–water partition coefficient (Wildman–Crippen LogP) is 2.39. The maximum atomic E-state index is 12.3. The van der Waals surface area contributed by atoms with Gasteiger partial charge in [-0.1, -0.05) is 29.3 Å². The summed E-state index contributed by atoms with van der Waals surface area (Å²) in [7, 11) is -3.80. The van der Waals surface area contributed by atoms with Crippen molar-refractivity contribution in [3.05, 3.63) is 28.2 Å². The Bertz CT molecular complexity index is 496. The maximum Gasteiger partial charge on any atom is 0.243 e. The molecule has 1 atom stereocenters. The summed E-state index contributed by atoms with van der Waals surface area (Å²) >= 11 is 13.3. The van der Waals surface area contributed by atoms with Crippen molar-refractivity contribution < 1.29 is 13.5 Å². The normalized spacial score (nSPS) is 13.5. The topological polar surface area (TPSA) is 66.4 Å². The molecule has 8 heteroatoms. The first-order valence-corrected chi connectivity index (χ1v) is 9.11. The number of aliphatic hydroxyl groups excluding tert-OH is 1. The summed E-state index contributed by atoms with van der Waals surface area (Å²) in [5, 5.41) is 9.10. The van der Waals surface area contributed by atoms with Crippen LogP contribution in [0, 0.1) is 0 Å². The molecule has 1 unspecified atom stereocenters. The van der Waals surface area contributed by atoms with Gasteiger partial charge in [0.2, 0.25) is 10.0 Å². The van der Waals surface area contributed by atoms with Crippen LogP contribution < -0.4 is 4.72 Å². The first-order valence-electron chi connectivity index (χ1n) is 5.48. The fourth-order valence-corrected chi connectivity index (χ4v) is 4.72. The zero-order valence-electron chi connectivity index (χ0n) is 10.3. The maximum absolute atomic E-state index is 12.3. The van der Waals surface area contributed by atoms with Gasteiger partial charge in [0.1, 0.15) is 4.90 Å². The lowest BCUT2D eigenvalue weighted by Crippen LogP contribution is -2.37. The van der Waals surface area contributed by atoms with Gasteiger partial charge < -0.3 is 5.11 Å². The molecule has 0 aliphatic carbocycles. The molecule has 1 aromatic carbocycles. The second-order valence-electron chi connectivity index (χ2n) is 3.84. The number of aliphatic hydroxyl groups is 1. The fourth-order valence-electron chi connectivity index (χ4n) is 1.55. The van der Waals surface area contributed by atoms with Gasteiger partial charge in [-0.15, -0.1) is 0 Å². The standard InChI is InChI=1S/C11H15Cl2NO3S2/c1-18-7-8(5-6-15)14-19(16,17)11-9(12)3-2-4-10(11)13/h2-4,8,14-15H,5-7H2,1H3. The molecule has 0 aliphatic rings. The van der Waals surface area contributed by atoms with Gasteiger partial charge in [-0.05, 0) is 24.8 Å². The quantitative estimate of drug-likeness (QED) is 0.797. The van der Waals surface area contributed by atoms with Crippen LogP contribution in [0.1, 0.15) is 6.42 Å². The molecule has 1 rings (SSSR count). The lowest BCUT2D eigenvalue weighted by atomic mass is 10.3. The smallest absolute Gasteiger partial charge is 0.243 e. The molecule has 0 fully saturated rings. The summed E-state index contributed by atoms with van der Waals surface area (Å²) in [4.78, 5) is -0.123. The van der Waals surface area contributed by atoms with Gasteiger partial charge >= 0.3 is 0 Å². The number of benzene rings is 1. The monoisotopic (exact) mass is 343 g/mol. The van der Waals surface area contributed by atoms with E-state index in [-0.39, 0.29) is 27.6 Å². The molecule has 0 amide bonds. The number of hydrogen-bond acceptors (Lipinski definition) is 4. The van der Waals surface area contributed by atoms with Crippen LogP contribution in [0.15, 0.2) is 23.1 Å². The average molecular weight is 344 g/mol. The molecule has 0 bridgehead atoms. The summed E-state index contributed by atoms with van der Waals surface area (Å²) in [6, 6.07) is 4.16. The minimum atomic E-state index is -3.80. The highest BCUT2D eigenvalue weighted by atomic mass is 35.5. The molecule has 1 aromatic rings. The van der Waals surface area contributed by atoms with Crippen LogP contribution in [0.25, 0.3) is 0 Å². The molecule has 0 saturated heterocycles. The number of nitrogens with one attached hydrogen (secondary N) is 1. The van der Waals surface area contributed by atoms with Gasteiger partial charge in [-0.25, -0.2) is 13.1 Å². The first kappa shape index (κ1) is 17.1. The molecule has 0 saturated carbocycles. The van der Waals surface area contributed by atoms with Gasteiger partial charge in [0.15, 0.2) is 0 Å². The SMILES string of the molecule is CSCC(CCO)NS(=O)(=O)c1c(Cl)cccc1Cl. The molecule has 19 heavy (non-hydrogen) atoms. The zero-order valence-corrected chi connectivity index (χ0v) is 13.4. The van der Waals surface area contributed by atoms with E-state index in [4.69, 9.17) is 28.3 Å². The van der Waals surface area contributed by atoms with Crippen LogP contribution in [-0.4, -0.2) is 38.2 Å². The lowest BCUT2D eigenvalue weighted by molar-refractivity contribution is 0.276. The average Bonchev–Trinajstić information content (AvgIpc) is 2.28. The molecule has 0 heterocycles. The number of rotatable bonds is 7. The van der Waals surface area contributed by atoms with Crippen LogP contribution in [0.5, 0.6) is 0 Å². The number of thioether (sulfide) groups is 1. The number of sulfonamides is 1. The Kier molecular flexibility index (Phi) is 6.93. The summed E-state index contributed by atoms with van der Waals surface area (Å²) < 4.78 is 27.0. The molecular formula is C11H15Cl2NO3S2. The molecule has 108 valence electrons. The van der Waals surface area contributed by atoms with E-state index < -0.39 is 10.0 Å². The summed E-state index contributed by atoms with van der Waals surface area (Å²) in [6.07, 6.45) is 2.20. The van der Waals surface area contributed by atoms with E-state index in [0.29, 0.717) is 12.2 Å². The lowest BCUT2D eigenvalue weighted by Gasteiger charge is -2.17. The molecule has 0 aromatic heterocycles. The van der Waals surface area contributed by atoms with Crippen molar-refractivity contribution in [3.63, 3.8) is 0 Å². The highest BCUT2D eigenvalue weighted by Gasteiger charge is 2.24. The van der Waals surface area contributed by atoms with Gasteiger partial charge in [-0.3, -0.25) is 0 Å². The Morgan fingerprint density at radius 1 is 1.37 bits per heavy atom. The molecule has 0 radical (unpaired) electrons. The van der Waals surface area contributed by atoms with E-state index in [0.717, 1.165) is 0 Å². The largest absolute Gasteiger partial charge is 0.396 e. The number of hydrogen-bond donors (Lipinski definition) is 2. The van der Waals surface area contributed by atoms with E-state index >= 15 is 0 Å². The van der Waals surface area contributed by atoms with E-state index in [1.807, 2.05) is 6.26 Å². The van der Waals surface area contributed by atoms with Crippen molar-refractivity contribution in [1.82, 2.24) is 4.72 Å². The van der Waals surface area contributed by atoms with E-state index in [9.17, 15) is 8.42 Å². The van der Waals surface area contributed by atoms with Gasteiger partial charge in [0.25, 0.3) is 0 Å². The van der Waals surface area contributed by atoms with Crippen molar-refractivity contribution in [2.45, 2.75) is 17.4 Å². The highest BCUT2D eigenvalue weighted by Crippen LogP contribution is 2.29. The van der Waals surface area contributed by atoms with Crippen LogP contribution in [0.2, 0.25) is 10.0 Å². The third-order valence-electron chi connectivity index (χ3n) is 2.35. The van der Waals surface area contributed by atoms with Crippen molar-refractivity contribution in [1.29, 1.82) is 0 Å². The third kappa shape index (κ3) is 4.81. The molecule has 2 N–H and O–H groups in total. The van der Waals surface area contributed by atoms with Gasteiger partial charge in [0.05, 0.1) is 10.0 Å². The summed E-state index contributed by atoms with van der Waals surface area (Å²) in [5.41, 5.74) is 0. The Balaban J connectivity index is 3.03. The molecule has 0 aliphatic heterocycles. The third-order valence-corrected chi connectivity index (χ3v) is 5.57. The van der Waals surface area contributed by atoms with Crippen LogP contribution in [-0.2, 0) is 10.0 Å². The van der Waals surface area contributed by atoms with Crippen molar-refractivity contribution in [2.75, 3.05) is 18.6 Å². The van der Waals surface area contributed by atoms with Crippen LogP contribution in [0.3, 0.4) is 0 Å². The van der Waals surface area contributed by atoms with E-state index in [2.05, 4.69) is 4.72 Å². The molecule has 4 nitrogen and oxygen atoms in total. The van der Waals surface area contributed by atoms with Crippen molar-refractivity contribution in [2.24, 2.45) is 0 Å². The van der Waals surface area contributed by atoms with E-state index in [1.54, 1.807) is 6.07 Å². The minimum absolute atomic E-state index is 0.0758. The zero-order chi connectivity index (χ0) is 14.5. The summed E-state index contributed by atoms with van der Waals surface area (Å²) in [6.45, 7) is -0.0933. The molecule has 0 spiro atoms. The first-order chi connectivity index (χ1) is 8.92. The minimum Gasteiger partial charge on any atom is -0.396 e. The fraction of sp³-hybridized carbons (Fsp3) is 0.455.